The van der Waals surface area contributed by atoms with E-state index in [0.29, 0.717) is 5.41 Å². The third kappa shape index (κ3) is 6.24. The first-order valence-corrected chi connectivity index (χ1v) is 12.1. The molecule has 1 nitrogen and oxygen atoms in total. The molecule has 0 aromatic carbocycles. The van der Waals surface area contributed by atoms with E-state index in [-0.39, 0.29) is 43.8 Å². The summed E-state index contributed by atoms with van der Waals surface area (Å²) in [6.45, 7) is 14.1. The first-order valence-electron chi connectivity index (χ1n) is 12.1. The normalized spacial score (nSPS) is 36.3. The van der Waals surface area contributed by atoms with Crippen LogP contribution >= 0.6 is 0 Å². The molecule has 162 valence electrons. The number of rotatable bonds is 6. The van der Waals surface area contributed by atoms with Crippen molar-refractivity contribution >= 4 is 37.7 Å². The van der Waals surface area contributed by atoms with Crippen LogP contribution in [-0.2, 0) is 0 Å². The molecule has 0 spiro atoms. The molecule has 3 saturated carbocycles. The molecule has 3 rings (SSSR count). The SMILES string of the molecule is C=C1CC[C@H](O)C/C1=C/C=C1\CCC[C@]2(C)[C@@H]([C@H](C)CCCC(C)C)CC[C@@H]12.[CaH2]. The Morgan fingerprint density at radius 3 is 2.59 bits per heavy atom. The van der Waals surface area contributed by atoms with Crippen LogP contribution in [-0.4, -0.2) is 48.9 Å². The molecule has 0 radical (unpaired) electrons. The molecular weight excluding hydrogens is 380 g/mol. The van der Waals surface area contributed by atoms with Gasteiger partial charge in [-0.2, -0.15) is 0 Å². The van der Waals surface area contributed by atoms with Crippen molar-refractivity contribution in [3.05, 3.63) is 35.5 Å². The molecule has 3 fully saturated rings. The number of aliphatic hydroxyl groups is 1. The standard InChI is InChI=1S/C27H44O.Ca.2H/c1-19(2)8-6-9-21(4)25-15-16-26-22(10-7-17-27(25,26)5)12-13-23-18-24(28)14-11-20(23)3;;;/h12-13,19,21,24-26,28H,3,6-11,14-18H2,1-2,4-5H3;;;/b22-12+,23-13-;;;/t21-,24+,25-,26+,27-;;;/m1.../s1. The molecule has 2 heteroatoms. The Morgan fingerprint density at radius 2 is 1.86 bits per heavy atom. The van der Waals surface area contributed by atoms with Crippen molar-refractivity contribution in [1.29, 1.82) is 0 Å². The van der Waals surface area contributed by atoms with Crippen molar-refractivity contribution in [2.24, 2.45) is 29.1 Å². The minimum absolute atomic E-state index is 0. The van der Waals surface area contributed by atoms with Crippen LogP contribution < -0.4 is 0 Å². The van der Waals surface area contributed by atoms with Gasteiger partial charge in [0.05, 0.1) is 6.10 Å². The second-order valence-electron chi connectivity index (χ2n) is 10.8. The van der Waals surface area contributed by atoms with Gasteiger partial charge in [0.25, 0.3) is 0 Å². The van der Waals surface area contributed by atoms with Crippen LogP contribution in [0.15, 0.2) is 35.5 Å². The predicted molar refractivity (Wildman–Crippen MR) is 130 cm³/mol. The molecule has 3 aliphatic rings. The fourth-order valence-electron chi connectivity index (χ4n) is 6.66. The van der Waals surface area contributed by atoms with E-state index in [4.69, 9.17) is 0 Å². The summed E-state index contributed by atoms with van der Waals surface area (Å²) >= 11 is 0. The van der Waals surface area contributed by atoms with Gasteiger partial charge in [0.1, 0.15) is 0 Å². The zero-order valence-corrected chi connectivity index (χ0v) is 19.0. The quantitative estimate of drug-likeness (QED) is 0.468. The van der Waals surface area contributed by atoms with E-state index in [1.165, 1.54) is 62.5 Å². The Labute approximate surface area is 210 Å². The van der Waals surface area contributed by atoms with Crippen molar-refractivity contribution in [2.75, 3.05) is 0 Å². The maximum atomic E-state index is 10.0. The van der Waals surface area contributed by atoms with E-state index >= 15 is 0 Å². The van der Waals surface area contributed by atoms with Crippen LogP contribution in [0.25, 0.3) is 0 Å². The molecule has 1 N–H and O–H groups in total. The summed E-state index contributed by atoms with van der Waals surface area (Å²) in [7, 11) is 0. The topological polar surface area (TPSA) is 20.2 Å². The summed E-state index contributed by atoms with van der Waals surface area (Å²) in [6.07, 6.45) is 18.2. The molecule has 0 unspecified atom stereocenters. The molecular formula is C27H46CaO. The van der Waals surface area contributed by atoms with Crippen molar-refractivity contribution < 1.29 is 5.11 Å². The van der Waals surface area contributed by atoms with Gasteiger partial charge in [-0.1, -0.05) is 76.8 Å². The number of hydrogen-bond donors (Lipinski definition) is 1. The molecule has 0 bridgehead atoms. The predicted octanol–water partition coefficient (Wildman–Crippen LogP) is 6.70. The number of hydrogen-bond acceptors (Lipinski definition) is 1. The van der Waals surface area contributed by atoms with Gasteiger partial charge >= 0.3 is 37.7 Å². The van der Waals surface area contributed by atoms with E-state index in [1.54, 1.807) is 5.57 Å². The molecule has 0 amide bonds. The zero-order valence-electron chi connectivity index (χ0n) is 19.0. The zero-order chi connectivity index (χ0) is 20.3. The van der Waals surface area contributed by atoms with Gasteiger partial charge in [-0.3, -0.25) is 0 Å². The van der Waals surface area contributed by atoms with Crippen LogP contribution in [0.4, 0.5) is 0 Å². The van der Waals surface area contributed by atoms with Crippen LogP contribution in [0.5, 0.6) is 0 Å². The molecule has 3 aliphatic carbocycles. The van der Waals surface area contributed by atoms with Gasteiger partial charge in [-0.05, 0) is 86.0 Å². The van der Waals surface area contributed by atoms with Gasteiger partial charge in [-0.15, -0.1) is 0 Å². The Kier molecular flexibility index (Phi) is 10.1. The second-order valence-corrected chi connectivity index (χ2v) is 10.8. The third-order valence-electron chi connectivity index (χ3n) is 8.35. The van der Waals surface area contributed by atoms with E-state index in [2.05, 4.69) is 46.4 Å². The molecule has 29 heavy (non-hydrogen) atoms. The van der Waals surface area contributed by atoms with Gasteiger partial charge in [0.15, 0.2) is 0 Å². The maximum absolute atomic E-state index is 10.0. The van der Waals surface area contributed by atoms with Crippen LogP contribution in [0.3, 0.4) is 0 Å². The van der Waals surface area contributed by atoms with Gasteiger partial charge in [0, 0.05) is 0 Å². The Bertz CT molecular complexity index is 616. The first-order chi connectivity index (χ1) is 13.3. The average Bonchev–Trinajstić information content (AvgIpc) is 2.99. The molecule has 5 atom stereocenters. The van der Waals surface area contributed by atoms with E-state index < -0.39 is 0 Å². The van der Waals surface area contributed by atoms with E-state index in [1.807, 2.05) is 0 Å². The van der Waals surface area contributed by atoms with Crippen LogP contribution in [0.2, 0.25) is 0 Å². The average molecular weight is 427 g/mol. The number of aliphatic hydroxyl groups excluding tert-OH is 1. The van der Waals surface area contributed by atoms with Gasteiger partial charge in [-0.25, -0.2) is 0 Å². The van der Waals surface area contributed by atoms with Crippen molar-refractivity contribution in [1.82, 2.24) is 0 Å². The summed E-state index contributed by atoms with van der Waals surface area (Å²) in [4.78, 5) is 0. The molecule has 0 aromatic heterocycles. The summed E-state index contributed by atoms with van der Waals surface area (Å²) < 4.78 is 0. The molecule has 0 saturated heterocycles. The molecule has 0 aliphatic heterocycles. The van der Waals surface area contributed by atoms with E-state index in [0.717, 1.165) is 42.9 Å². The Morgan fingerprint density at radius 1 is 1.10 bits per heavy atom. The summed E-state index contributed by atoms with van der Waals surface area (Å²) in [5, 5.41) is 10.0. The number of fused-ring (bicyclic) bond motifs is 1. The minimum atomic E-state index is -0.172. The fourth-order valence-corrected chi connectivity index (χ4v) is 6.66. The summed E-state index contributed by atoms with van der Waals surface area (Å²) in [6, 6.07) is 0. The second kappa shape index (κ2) is 11.3. The molecule has 0 aromatic rings. The van der Waals surface area contributed by atoms with E-state index in [9.17, 15) is 5.11 Å². The summed E-state index contributed by atoms with van der Waals surface area (Å²) in [5.41, 5.74) is 4.72. The van der Waals surface area contributed by atoms with Crippen molar-refractivity contribution in [3.63, 3.8) is 0 Å². The van der Waals surface area contributed by atoms with Crippen LogP contribution in [0.1, 0.15) is 98.3 Å². The Hall–Kier alpha value is 0.440. The van der Waals surface area contributed by atoms with Crippen molar-refractivity contribution in [2.45, 2.75) is 104 Å². The first kappa shape index (κ1) is 25.7. The van der Waals surface area contributed by atoms with Gasteiger partial charge in [0.2, 0.25) is 0 Å². The van der Waals surface area contributed by atoms with Crippen LogP contribution in [0, 0.1) is 29.1 Å². The van der Waals surface area contributed by atoms with Crippen molar-refractivity contribution in [3.8, 4) is 0 Å². The van der Waals surface area contributed by atoms with Gasteiger partial charge < -0.3 is 5.11 Å². The number of allylic oxidation sites excluding steroid dienone is 4. The molecule has 0 heterocycles. The fraction of sp³-hybridized carbons (Fsp3) is 0.778. The Balaban J connectivity index is 0.00000300. The monoisotopic (exact) mass is 426 g/mol. The summed E-state index contributed by atoms with van der Waals surface area (Å²) in [5.74, 6) is 3.37. The third-order valence-corrected chi connectivity index (χ3v) is 8.35.